The Balaban J connectivity index is 2.24. The average molecular weight is 249 g/mol. The van der Waals surface area contributed by atoms with Crippen LogP contribution in [0.15, 0.2) is 18.2 Å². The molecule has 1 aliphatic heterocycles. The molecule has 1 fully saturated rings. The van der Waals surface area contributed by atoms with Gasteiger partial charge in [0.15, 0.2) is 0 Å². The first kappa shape index (κ1) is 12.9. The molecule has 1 heterocycles. The maximum Gasteiger partial charge on any atom is 0.257 e. The van der Waals surface area contributed by atoms with Gasteiger partial charge in [0.05, 0.1) is 25.4 Å². The first-order chi connectivity index (χ1) is 8.61. The lowest BCUT2D eigenvalue weighted by Crippen LogP contribution is -2.44. The van der Waals surface area contributed by atoms with Crippen LogP contribution in [-0.4, -0.2) is 43.7 Å². The summed E-state index contributed by atoms with van der Waals surface area (Å²) < 4.78 is 10.7. The fourth-order valence-electron chi connectivity index (χ4n) is 2.16. The lowest BCUT2D eigenvalue weighted by Gasteiger charge is -2.31. The highest BCUT2D eigenvalue weighted by Gasteiger charge is 2.24. The van der Waals surface area contributed by atoms with Crippen LogP contribution in [0.25, 0.3) is 0 Å². The predicted octanol–water partition coefficient (Wildman–Crippen LogP) is 1.86. The van der Waals surface area contributed by atoms with Crippen LogP contribution in [0.3, 0.4) is 0 Å². The number of amides is 1. The molecule has 1 aromatic rings. The number of carbonyl (C=O) groups is 1. The minimum absolute atomic E-state index is 0.0192. The van der Waals surface area contributed by atoms with Crippen molar-refractivity contribution in [3.8, 4) is 5.75 Å². The zero-order valence-electron chi connectivity index (χ0n) is 11.1. The van der Waals surface area contributed by atoms with Crippen LogP contribution in [0.1, 0.15) is 22.8 Å². The lowest BCUT2D eigenvalue weighted by atomic mass is 10.1. The van der Waals surface area contributed by atoms with Gasteiger partial charge in [0.1, 0.15) is 5.75 Å². The van der Waals surface area contributed by atoms with Gasteiger partial charge in [-0.15, -0.1) is 0 Å². The van der Waals surface area contributed by atoms with Crippen LogP contribution in [-0.2, 0) is 4.74 Å². The van der Waals surface area contributed by atoms with Crippen LogP contribution >= 0.6 is 0 Å². The summed E-state index contributed by atoms with van der Waals surface area (Å²) in [5.41, 5.74) is 1.69. The molecule has 0 spiro atoms. The average Bonchev–Trinajstić information content (AvgIpc) is 2.38. The number of nitrogens with zero attached hydrogens (tertiary/aromatic N) is 1. The molecular weight excluding hydrogens is 230 g/mol. The maximum atomic E-state index is 12.5. The van der Waals surface area contributed by atoms with Crippen LogP contribution in [0.5, 0.6) is 5.75 Å². The molecule has 18 heavy (non-hydrogen) atoms. The second-order valence-corrected chi connectivity index (χ2v) is 4.64. The van der Waals surface area contributed by atoms with E-state index in [2.05, 4.69) is 0 Å². The van der Waals surface area contributed by atoms with Gasteiger partial charge in [0, 0.05) is 13.1 Å². The van der Waals surface area contributed by atoms with Crippen molar-refractivity contribution < 1.29 is 14.3 Å². The number of benzene rings is 1. The van der Waals surface area contributed by atoms with Crippen molar-refractivity contribution in [3.05, 3.63) is 29.3 Å². The minimum atomic E-state index is 0.0192. The summed E-state index contributed by atoms with van der Waals surface area (Å²) in [6.45, 7) is 5.82. The molecule has 0 aromatic heterocycles. The third-order valence-corrected chi connectivity index (χ3v) is 3.11. The largest absolute Gasteiger partial charge is 0.496 e. The Morgan fingerprint density at radius 1 is 1.50 bits per heavy atom. The van der Waals surface area contributed by atoms with Crippen molar-refractivity contribution >= 4 is 5.91 Å². The van der Waals surface area contributed by atoms with Gasteiger partial charge in [0.25, 0.3) is 5.91 Å². The van der Waals surface area contributed by atoms with Gasteiger partial charge in [-0.2, -0.15) is 0 Å². The topological polar surface area (TPSA) is 38.8 Å². The molecule has 0 saturated carbocycles. The van der Waals surface area contributed by atoms with Gasteiger partial charge in [-0.3, -0.25) is 4.79 Å². The summed E-state index contributed by atoms with van der Waals surface area (Å²) in [7, 11) is 1.59. The number of hydrogen-bond donors (Lipinski definition) is 0. The zero-order valence-corrected chi connectivity index (χ0v) is 11.1. The SMILES string of the molecule is COc1ccc(C)cc1C(=O)N1CCOC(C)C1. The lowest BCUT2D eigenvalue weighted by molar-refractivity contribution is -0.0125. The minimum Gasteiger partial charge on any atom is -0.496 e. The number of carbonyl (C=O) groups excluding carboxylic acids is 1. The highest BCUT2D eigenvalue weighted by atomic mass is 16.5. The van der Waals surface area contributed by atoms with Gasteiger partial charge >= 0.3 is 0 Å². The molecule has 2 rings (SSSR count). The van der Waals surface area contributed by atoms with Crippen molar-refractivity contribution in [2.45, 2.75) is 20.0 Å². The summed E-state index contributed by atoms with van der Waals surface area (Å²) in [5.74, 6) is 0.649. The number of rotatable bonds is 2. The molecule has 0 radical (unpaired) electrons. The molecule has 0 bridgehead atoms. The van der Waals surface area contributed by atoms with Gasteiger partial charge in [0.2, 0.25) is 0 Å². The molecule has 4 nitrogen and oxygen atoms in total. The number of methoxy groups -OCH3 is 1. The van der Waals surface area contributed by atoms with Crippen molar-refractivity contribution in [1.29, 1.82) is 0 Å². The predicted molar refractivity (Wildman–Crippen MR) is 69.0 cm³/mol. The van der Waals surface area contributed by atoms with Crippen LogP contribution in [0.2, 0.25) is 0 Å². The molecule has 0 N–H and O–H groups in total. The highest BCUT2D eigenvalue weighted by molar-refractivity contribution is 5.97. The molecule has 1 unspecified atom stereocenters. The third kappa shape index (κ3) is 2.64. The van der Waals surface area contributed by atoms with Crippen molar-refractivity contribution in [2.24, 2.45) is 0 Å². The summed E-state index contributed by atoms with van der Waals surface area (Å²) in [4.78, 5) is 14.3. The molecule has 4 heteroatoms. The standard InChI is InChI=1S/C14H19NO3/c1-10-4-5-13(17-3)12(8-10)14(16)15-6-7-18-11(2)9-15/h4-5,8,11H,6-7,9H2,1-3H3. The number of morpholine rings is 1. The first-order valence-electron chi connectivity index (χ1n) is 6.17. The molecule has 1 atom stereocenters. The van der Waals surface area contributed by atoms with Crippen molar-refractivity contribution in [2.75, 3.05) is 26.8 Å². The van der Waals surface area contributed by atoms with E-state index in [1.807, 2.05) is 36.9 Å². The summed E-state index contributed by atoms with van der Waals surface area (Å²) >= 11 is 0. The smallest absolute Gasteiger partial charge is 0.257 e. The maximum absolute atomic E-state index is 12.5. The van der Waals surface area contributed by atoms with Crippen LogP contribution in [0, 0.1) is 6.92 Å². The van der Waals surface area contributed by atoms with Crippen molar-refractivity contribution in [3.63, 3.8) is 0 Å². The molecule has 1 aliphatic rings. The van der Waals surface area contributed by atoms with E-state index in [1.165, 1.54) is 0 Å². The Kier molecular flexibility index (Phi) is 3.87. The molecular formula is C14H19NO3. The molecule has 1 aromatic carbocycles. The van der Waals surface area contributed by atoms with E-state index in [1.54, 1.807) is 7.11 Å². The van der Waals surface area contributed by atoms with Crippen LogP contribution in [0.4, 0.5) is 0 Å². The zero-order chi connectivity index (χ0) is 13.1. The Labute approximate surface area is 107 Å². The summed E-state index contributed by atoms with van der Waals surface area (Å²) in [6.07, 6.45) is 0.0958. The summed E-state index contributed by atoms with van der Waals surface area (Å²) in [6, 6.07) is 5.66. The van der Waals surface area contributed by atoms with E-state index in [0.717, 1.165) is 5.56 Å². The second kappa shape index (κ2) is 5.40. The monoisotopic (exact) mass is 249 g/mol. The Morgan fingerprint density at radius 2 is 2.28 bits per heavy atom. The Bertz CT molecular complexity index is 445. The first-order valence-corrected chi connectivity index (χ1v) is 6.17. The van der Waals surface area contributed by atoms with Gasteiger partial charge in [-0.05, 0) is 26.0 Å². The van der Waals surface area contributed by atoms with Crippen LogP contribution < -0.4 is 4.74 Å². The molecule has 1 saturated heterocycles. The number of aryl methyl sites for hydroxylation is 1. The fourth-order valence-corrected chi connectivity index (χ4v) is 2.16. The molecule has 1 amide bonds. The molecule has 98 valence electrons. The van der Waals surface area contributed by atoms with E-state index in [9.17, 15) is 4.79 Å². The fraction of sp³-hybridized carbons (Fsp3) is 0.500. The van der Waals surface area contributed by atoms with Gasteiger partial charge in [-0.25, -0.2) is 0 Å². The Morgan fingerprint density at radius 3 is 2.94 bits per heavy atom. The van der Waals surface area contributed by atoms with E-state index < -0.39 is 0 Å². The quantitative estimate of drug-likeness (QED) is 0.803. The number of hydrogen-bond acceptors (Lipinski definition) is 3. The van der Waals surface area contributed by atoms with E-state index in [-0.39, 0.29) is 12.0 Å². The number of ether oxygens (including phenoxy) is 2. The van der Waals surface area contributed by atoms with Gasteiger partial charge in [-0.1, -0.05) is 11.6 Å². The Hall–Kier alpha value is -1.55. The summed E-state index contributed by atoms with van der Waals surface area (Å²) in [5, 5.41) is 0. The normalized spacial score (nSPS) is 19.7. The van der Waals surface area contributed by atoms with E-state index in [0.29, 0.717) is 31.0 Å². The second-order valence-electron chi connectivity index (χ2n) is 4.64. The van der Waals surface area contributed by atoms with E-state index in [4.69, 9.17) is 9.47 Å². The third-order valence-electron chi connectivity index (χ3n) is 3.11. The van der Waals surface area contributed by atoms with E-state index >= 15 is 0 Å². The highest BCUT2D eigenvalue weighted by Crippen LogP contribution is 2.22. The van der Waals surface area contributed by atoms with Gasteiger partial charge < -0.3 is 14.4 Å². The van der Waals surface area contributed by atoms with Crippen molar-refractivity contribution in [1.82, 2.24) is 4.90 Å². The molecule has 0 aliphatic carbocycles.